The maximum Gasteiger partial charge on any atom is 0.267 e. The van der Waals surface area contributed by atoms with Crippen molar-refractivity contribution in [1.29, 1.82) is 0 Å². The Labute approximate surface area is 143 Å². The number of aryl methyl sites for hydroxylation is 2. The molecule has 1 aromatic carbocycles. The van der Waals surface area contributed by atoms with E-state index in [1.165, 1.54) is 6.07 Å². The second-order valence-electron chi connectivity index (χ2n) is 5.25. The smallest absolute Gasteiger partial charge is 0.267 e. The van der Waals surface area contributed by atoms with E-state index in [9.17, 15) is 4.79 Å². The van der Waals surface area contributed by atoms with Crippen LogP contribution < -0.4 is 5.32 Å². The lowest BCUT2D eigenvalue weighted by Gasteiger charge is -2.07. The summed E-state index contributed by atoms with van der Waals surface area (Å²) in [6.45, 7) is 3.33. The third kappa shape index (κ3) is 3.35. The highest BCUT2D eigenvalue weighted by atomic mass is 35.5. The first kappa shape index (κ1) is 15.9. The van der Waals surface area contributed by atoms with Crippen molar-refractivity contribution in [3.63, 3.8) is 0 Å². The number of H-pyrrole nitrogens is 1. The molecule has 23 heavy (non-hydrogen) atoms. The summed E-state index contributed by atoms with van der Waals surface area (Å²) < 4.78 is 2.16. The molecule has 1 amide bonds. The lowest BCUT2D eigenvalue weighted by Crippen LogP contribution is -2.25. The summed E-state index contributed by atoms with van der Waals surface area (Å²) in [5, 5.41) is 3.47. The zero-order valence-corrected chi connectivity index (χ0v) is 14.1. The minimum atomic E-state index is -0.217. The Morgan fingerprint density at radius 1 is 1.35 bits per heavy atom. The van der Waals surface area contributed by atoms with Gasteiger partial charge < -0.3 is 14.9 Å². The van der Waals surface area contributed by atoms with Gasteiger partial charge in [-0.05, 0) is 31.5 Å². The number of hydrogen-bond donors (Lipinski definition) is 2. The van der Waals surface area contributed by atoms with Gasteiger partial charge in [0.2, 0.25) is 0 Å². The molecule has 0 aliphatic carbocycles. The van der Waals surface area contributed by atoms with Crippen molar-refractivity contribution in [3.05, 3.63) is 52.0 Å². The SMILES string of the molecule is Cc1nc2ccccc2n1CCCNC(=O)c1cc(Cl)c(Cl)[nH]1. The number of para-hydroxylation sites is 2. The Morgan fingerprint density at radius 3 is 2.87 bits per heavy atom. The molecular formula is C16H16Cl2N4O. The van der Waals surface area contributed by atoms with E-state index in [-0.39, 0.29) is 11.1 Å². The molecule has 2 aromatic heterocycles. The Kier molecular flexibility index (Phi) is 4.59. The van der Waals surface area contributed by atoms with Crippen molar-refractivity contribution >= 4 is 40.1 Å². The normalized spacial score (nSPS) is 11.1. The number of carbonyl (C=O) groups excluding carboxylic acids is 1. The number of aromatic amines is 1. The fourth-order valence-corrected chi connectivity index (χ4v) is 2.85. The van der Waals surface area contributed by atoms with E-state index in [1.807, 2.05) is 25.1 Å². The molecule has 0 radical (unpaired) electrons. The fourth-order valence-electron chi connectivity index (χ4n) is 2.54. The maximum absolute atomic E-state index is 12.0. The van der Waals surface area contributed by atoms with Gasteiger partial charge in [-0.1, -0.05) is 35.3 Å². The van der Waals surface area contributed by atoms with Gasteiger partial charge in [0, 0.05) is 13.1 Å². The molecule has 0 aliphatic rings. The molecule has 0 aliphatic heterocycles. The zero-order valence-electron chi connectivity index (χ0n) is 12.6. The third-order valence-corrected chi connectivity index (χ3v) is 4.35. The summed E-state index contributed by atoms with van der Waals surface area (Å²) in [6.07, 6.45) is 0.801. The van der Waals surface area contributed by atoms with E-state index >= 15 is 0 Å². The molecular weight excluding hydrogens is 335 g/mol. The molecule has 0 saturated heterocycles. The first-order chi connectivity index (χ1) is 11.1. The van der Waals surface area contributed by atoms with E-state index in [1.54, 1.807) is 0 Å². The number of nitrogens with zero attached hydrogens (tertiary/aromatic N) is 2. The number of amides is 1. The van der Waals surface area contributed by atoms with E-state index in [0.29, 0.717) is 17.3 Å². The number of benzene rings is 1. The second-order valence-corrected chi connectivity index (χ2v) is 6.04. The highest BCUT2D eigenvalue weighted by Crippen LogP contribution is 2.21. The summed E-state index contributed by atoms with van der Waals surface area (Å²) in [7, 11) is 0. The number of imidazole rings is 1. The Balaban J connectivity index is 1.57. The highest BCUT2D eigenvalue weighted by Gasteiger charge is 2.11. The number of aromatic nitrogens is 3. The molecule has 120 valence electrons. The van der Waals surface area contributed by atoms with Crippen LogP contribution in [0, 0.1) is 6.92 Å². The molecule has 7 heteroatoms. The monoisotopic (exact) mass is 350 g/mol. The number of fused-ring (bicyclic) bond motifs is 1. The van der Waals surface area contributed by atoms with Crippen molar-refractivity contribution in [3.8, 4) is 0 Å². The van der Waals surface area contributed by atoms with E-state index in [0.717, 1.165) is 29.8 Å². The molecule has 3 rings (SSSR count). The summed E-state index contributed by atoms with van der Waals surface area (Å²) in [4.78, 5) is 19.2. The van der Waals surface area contributed by atoms with Crippen molar-refractivity contribution < 1.29 is 4.79 Å². The van der Waals surface area contributed by atoms with Crippen molar-refractivity contribution in [2.75, 3.05) is 6.54 Å². The number of nitrogens with one attached hydrogen (secondary N) is 2. The first-order valence-electron chi connectivity index (χ1n) is 7.30. The van der Waals surface area contributed by atoms with Crippen LogP contribution in [0.15, 0.2) is 30.3 Å². The molecule has 0 bridgehead atoms. The van der Waals surface area contributed by atoms with Crippen LogP contribution in [0.1, 0.15) is 22.7 Å². The van der Waals surface area contributed by atoms with Crippen LogP contribution in [0.25, 0.3) is 11.0 Å². The lowest BCUT2D eigenvalue weighted by atomic mass is 10.3. The van der Waals surface area contributed by atoms with Crippen LogP contribution in [0.5, 0.6) is 0 Å². The van der Waals surface area contributed by atoms with Gasteiger partial charge in [-0.15, -0.1) is 0 Å². The predicted molar refractivity (Wildman–Crippen MR) is 92.2 cm³/mol. The average molecular weight is 351 g/mol. The Hall–Kier alpha value is -1.98. The van der Waals surface area contributed by atoms with E-state index in [2.05, 4.69) is 25.9 Å². The Bertz CT molecular complexity index is 834. The molecule has 2 heterocycles. The van der Waals surface area contributed by atoms with Crippen molar-refractivity contribution in [1.82, 2.24) is 19.9 Å². The third-order valence-electron chi connectivity index (χ3n) is 3.66. The van der Waals surface area contributed by atoms with E-state index in [4.69, 9.17) is 23.2 Å². The second kappa shape index (κ2) is 6.64. The van der Waals surface area contributed by atoms with Gasteiger partial charge in [-0.25, -0.2) is 4.98 Å². The fraction of sp³-hybridized carbons (Fsp3) is 0.250. The van der Waals surface area contributed by atoms with Gasteiger partial charge in [0.25, 0.3) is 5.91 Å². The predicted octanol–water partition coefficient (Wildman–Crippen LogP) is 3.80. The molecule has 0 unspecified atom stereocenters. The lowest BCUT2D eigenvalue weighted by molar-refractivity contribution is 0.0948. The minimum absolute atomic E-state index is 0.217. The summed E-state index contributed by atoms with van der Waals surface area (Å²) in [6, 6.07) is 9.55. The van der Waals surface area contributed by atoms with Crippen LogP contribution in [0.3, 0.4) is 0 Å². The minimum Gasteiger partial charge on any atom is -0.351 e. The number of rotatable bonds is 5. The standard InChI is InChI=1S/C16H16Cl2N4O/c1-10-20-12-5-2-3-6-14(12)22(10)8-4-7-19-16(23)13-9-11(17)15(18)21-13/h2-3,5-6,9,21H,4,7-8H2,1H3,(H,19,23). The van der Waals surface area contributed by atoms with Crippen molar-refractivity contribution in [2.45, 2.75) is 19.9 Å². The molecule has 2 N–H and O–H groups in total. The van der Waals surface area contributed by atoms with Crippen LogP contribution in [0.2, 0.25) is 10.2 Å². The van der Waals surface area contributed by atoms with Gasteiger partial charge in [-0.2, -0.15) is 0 Å². The van der Waals surface area contributed by atoms with Crippen LogP contribution >= 0.6 is 23.2 Å². The summed E-state index contributed by atoms with van der Waals surface area (Å²) >= 11 is 11.6. The topological polar surface area (TPSA) is 62.7 Å². The van der Waals surface area contributed by atoms with Gasteiger partial charge in [0.15, 0.2) is 0 Å². The Morgan fingerprint density at radius 2 is 2.13 bits per heavy atom. The van der Waals surface area contributed by atoms with E-state index < -0.39 is 0 Å². The van der Waals surface area contributed by atoms with Gasteiger partial charge in [-0.3, -0.25) is 4.79 Å². The van der Waals surface area contributed by atoms with Crippen LogP contribution in [-0.2, 0) is 6.54 Å². The quantitative estimate of drug-likeness (QED) is 0.687. The number of hydrogen-bond acceptors (Lipinski definition) is 2. The number of halogens is 2. The largest absolute Gasteiger partial charge is 0.351 e. The van der Waals surface area contributed by atoms with Crippen LogP contribution in [0.4, 0.5) is 0 Å². The van der Waals surface area contributed by atoms with Gasteiger partial charge >= 0.3 is 0 Å². The summed E-state index contributed by atoms with van der Waals surface area (Å²) in [5.74, 6) is 0.756. The molecule has 0 saturated carbocycles. The number of carbonyl (C=O) groups is 1. The maximum atomic E-state index is 12.0. The van der Waals surface area contributed by atoms with Crippen LogP contribution in [-0.4, -0.2) is 27.0 Å². The van der Waals surface area contributed by atoms with Gasteiger partial charge in [0.1, 0.15) is 16.7 Å². The van der Waals surface area contributed by atoms with Gasteiger partial charge in [0.05, 0.1) is 16.1 Å². The zero-order chi connectivity index (χ0) is 16.4. The first-order valence-corrected chi connectivity index (χ1v) is 8.06. The molecule has 0 fully saturated rings. The average Bonchev–Trinajstić information content (AvgIpc) is 3.03. The van der Waals surface area contributed by atoms with Crippen molar-refractivity contribution in [2.24, 2.45) is 0 Å². The molecule has 0 atom stereocenters. The molecule has 3 aromatic rings. The molecule has 5 nitrogen and oxygen atoms in total. The highest BCUT2D eigenvalue weighted by molar-refractivity contribution is 6.41. The summed E-state index contributed by atoms with van der Waals surface area (Å²) in [5.41, 5.74) is 2.47. The molecule has 0 spiro atoms.